The number of halogens is 1. The number of rotatable bonds is 7. The van der Waals surface area contributed by atoms with Crippen LogP contribution in [0.3, 0.4) is 0 Å². The Kier molecular flexibility index (Phi) is 7.44. The molecule has 0 aliphatic rings. The molecule has 10 heteroatoms. The summed E-state index contributed by atoms with van der Waals surface area (Å²) in [6, 6.07) is 10.2. The zero-order valence-electron chi connectivity index (χ0n) is 15.1. The summed E-state index contributed by atoms with van der Waals surface area (Å²) in [6.07, 6.45) is 2.30. The number of esters is 2. The maximum atomic E-state index is 12.0. The molecule has 0 aliphatic carbocycles. The van der Waals surface area contributed by atoms with Crippen LogP contribution in [0.1, 0.15) is 15.9 Å². The van der Waals surface area contributed by atoms with Gasteiger partial charge in [0.25, 0.3) is 11.6 Å². The zero-order chi connectivity index (χ0) is 21.4. The first-order chi connectivity index (χ1) is 13.8. The fourth-order valence-corrected chi connectivity index (χ4v) is 2.38. The van der Waals surface area contributed by atoms with E-state index in [1.807, 2.05) is 0 Å². The molecule has 0 fully saturated rings. The number of amides is 1. The van der Waals surface area contributed by atoms with Crippen molar-refractivity contribution in [3.63, 3.8) is 0 Å². The summed E-state index contributed by atoms with van der Waals surface area (Å²) in [7, 11) is 1.21. The summed E-state index contributed by atoms with van der Waals surface area (Å²) in [5, 5.41) is 13.3. The van der Waals surface area contributed by atoms with Crippen molar-refractivity contribution in [2.24, 2.45) is 0 Å². The van der Waals surface area contributed by atoms with Gasteiger partial charge in [0.1, 0.15) is 5.02 Å². The van der Waals surface area contributed by atoms with Gasteiger partial charge in [0, 0.05) is 12.1 Å². The number of carbonyl (C=O) groups is 3. The molecule has 0 radical (unpaired) electrons. The van der Waals surface area contributed by atoms with Gasteiger partial charge in [-0.15, -0.1) is 0 Å². The van der Waals surface area contributed by atoms with Crippen molar-refractivity contribution >= 4 is 46.9 Å². The van der Waals surface area contributed by atoms with E-state index in [4.69, 9.17) is 16.3 Å². The standard InChI is InChI=1S/C19H15ClN2O7/c1-28-19(25)13-4-2-3-5-15(13)21-17(23)11-29-18(24)9-7-12-6-8-14(20)16(10-12)22(26)27/h2-10H,11H2,1H3,(H,21,23)/b9-7+. The topological polar surface area (TPSA) is 125 Å². The fraction of sp³-hybridized carbons (Fsp3) is 0.105. The van der Waals surface area contributed by atoms with Crippen LogP contribution in [0.2, 0.25) is 5.02 Å². The van der Waals surface area contributed by atoms with Crippen LogP contribution in [0.15, 0.2) is 48.5 Å². The number of hydrogen-bond acceptors (Lipinski definition) is 7. The number of carbonyl (C=O) groups excluding carboxylic acids is 3. The molecule has 1 amide bonds. The quantitative estimate of drug-likeness (QED) is 0.316. The van der Waals surface area contributed by atoms with Crippen LogP contribution < -0.4 is 5.32 Å². The minimum Gasteiger partial charge on any atom is -0.465 e. The van der Waals surface area contributed by atoms with E-state index in [2.05, 4.69) is 10.1 Å². The highest BCUT2D eigenvalue weighted by Crippen LogP contribution is 2.25. The molecule has 29 heavy (non-hydrogen) atoms. The molecule has 2 aromatic rings. The Morgan fingerprint density at radius 2 is 1.93 bits per heavy atom. The predicted octanol–water partition coefficient (Wildman–Crippen LogP) is 3.23. The number of nitrogens with one attached hydrogen (secondary N) is 1. The number of para-hydroxylation sites is 1. The number of nitro groups is 1. The van der Waals surface area contributed by atoms with Gasteiger partial charge < -0.3 is 14.8 Å². The average molecular weight is 419 g/mol. The number of nitro benzene ring substituents is 1. The fourth-order valence-electron chi connectivity index (χ4n) is 2.19. The highest BCUT2D eigenvalue weighted by Gasteiger charge is 2.14. The largest absolute Gasteiger partial charge is 0.465 e. The third-order valence-corrected chi connectivity index (χ3v) is 3.85. The maximum absolute atomic E-state index is 12.0. The van der Waals surface area contributed by atoms with E-state index in [-0.39, 0.29) is 22.0 Å². The Labute approximate surface area is 170 Å². The number of anilines is 1. The molecule has 0 saturated carbocycles. The van der Waals surface area contributed by atoms with E-state index in [9.17, 15) is 24.5 Å². The summed E-state index contributed by atoms with van der Waals surface area (Å²) < 4.78 is 9.44. The van der Waals surface area contributed by atoms with Gasteiger partial charge in [0.05, 0.1) is 23.3 Å². The first kappa shape index (κ1) is 21.6. The van der Waals surface area contributed by atoms with Gasteiger partial charge in [-0.3, -0.25) is 14.9 Å². The number of nitrogens with zero attached hydrogens (tertiary/aromatic N) is 1. The first-order valence-electron chi connectivity index (χ1n) is 8.07. The summed E-state index contributed by atoms with van der Waals surface area (Å²) in [5.41, 5.74) is 0.420. The lowest BCUT2D eigenvalue weighted by molar-refractivity contribution is -0.384. The molecule has 0 aliphatic heterocycles. The van der Waals surface area contributed by atoms with Crippen LogP contribution in [0.4, 0.5) is 11.4 Å². The number of benzene rings is 2. The third-order valence-electron chi connectivity index (χ3n) is 3.53. The summed E-state index contributed by atoms with van der Waals surface area (Å²) in [4.78, 5) is 45.6. The van der Waals surface area contributed by atoms with E-state index in [1.54, 1.807) is 12.1 Å². The molecule has 0 saturated heterocycles. The minimum atomic E-state index is -0.834. The number of ether oxygens (including phenoxy) is 2. The lowest BCUT2D eigenvalue weighted by Crippen LogP contribution is -2.21. The van der Waals surface area contributed by atoms with Crippen molar-refractivity contribution in [2.75, 3.05) is 19.0 Å². The van der Waals surface area contributed by atoms with E-state index < -0.39 is 29.4 Å². The van der Waals surface area contributed by atoms with E-state index in [1.165, 1.54) is 43.5 Å². The molecular formula is C19H15ClN2O7. The third kappa shape index (κ3) is 6.15. The van der Waals surface area contributed by atoms with Gasteiger partial charge in [-0.2, -0.15) is 0 Å². The van der Waals surface area contributed by atoms with Gasteiger partial charge in [-0.25, -0.2) is 9.59 Å². The Morgan fingerprint density at radius 3 is 2.62 bits per heavy atom. The summed E-state index contributed by atoms with van der Waals surface area (Å²) in [6.45, 7) is -0.598. The Bertz CT molecular complexity index is 988. The molecule has 2 aromatic carbocycles. The van der Waals surface area contributed by atoms with Crippen LogP contribution in [0.5, 0.6) is 0 Å². The first-order valence-corrected chi connectivity index (χ1v) is 8.45. The van der Waals surface area contributed by atoms with Crippen molar-refractivity contribution in [1.82, 2.24) is 0 Å². The van der Waals surface area contributed by atoms with Crippen molar-refractivity contribution < 1.29 is 28.8 Å². The smallest absolute Gasteiger partial charge is 0.339 e. The molecule has 0 spiro atoms. The molecule has 9 nitrogen and oxygen atoms in total. The molecule has 2 rings (SSSR count). The second-order valence-corrected chi connectivity index (χ2v) is 5.90. The zero-order valence-corrected chi connectivity index (χ0v) is 15.8. The van der Waals surface area contributed by atoms with Crippen molar-refractivity contribution in [3.05, 3.63) is 74.8 Å². The Balaban J connectivity index is 1.94. The highest BCUT2D eigenvalue weighted by molar-refractivity contribution is 6.32. The normalized spacial score (nSPS) is 10.4. The second kappa shape index (κ2) is 10.00. The molecule has 0 bridgehead atoms. The molecule has 150 valence electrons. The van der Waals surface area contributed by atoms with Crippen LogP contribution in [0.25, 0.3) is 6.08 Å². The molecule has 0 unspecified atom stereocenters. The monoisotopic (exact) mass is 418 g/mol. The van der Waals surface area contributed by atoms with Gasteiger partial charge >= 0.3 is 11.9 Å². The molecule has 0 aromatic heterocycles. The van der Waals surface area contributed by atoms with Crippen LogP contribution in [-0.4, -0.2) is 36.5 Å². The molecule has 0 heterocycles. The number of hydrogen-bond donors (Lipinski definition) is 1. The minimum absolute atomic E-state index is 0.0290. The van der Waals surface area contributed by atoms with E-state index >= 15 is 0 Å². The number of methoxy groups -OCH3 is 1. The van der Waals surface area contributed by atoms with Gasteiger partial charge in [-0.1, -0.05) is 29.8 Å². The SMILES string of the molecule is COC(=O)c1ccccc1NC(=O)COC(=O)/C=C/c1ccc(Cl)c([N+](=O)[O-])c1. The lowest BCUT2D eigenvalue weighted by Gasteiger charge is -2.09. The van der Waals surface area contributed by atoms with Gasteiger partial charge in [0.2, 0.25) is 0 Å². The summed E-state index contributed by atoms with van der Waals surface area (Å²) in [5.74, 6) is -2.12. The van der Waals surface area contributed by atoms with Crippen molar-refractivity contribution in [1.29, 1.82) is 0 Å². The predicted molar refractivity (Wildman–Crippen MR) is 105 cm³/mol. The molecule has 1 N–H and O–H groups in total. The average Bonchev–Trinajstić information content (AvgIpc) is 2.71. The Hall–Kier alpha value is -3.72. The van der Waals surface area contributed by atoms with Crippen LogP contribution >= 0.6 is 11.6 Å². The van der Waals surface area contributed by atoms with Crippen molar-refractivity contribution in [2.45, 2.75) is 0 Å². The van der Waals surface area contributed by atoms with Crippen molar-refractivity contribution in [3.8, 4) is 0 Å². The van der Waals surface area contributed by atoms with E-state index in [0.717, 1.165) is 6.08 Å². The van der Waals surface area contributed by atoms with E-state index in [0.29, 0.717) is 5.56 Å². The summed E-state index contributed by atoms with van der Waals surface area (Å²) >= 11 is 5.71. The molecule has 0 atom stereocenters. The Morgan fingerprint density at radius 1 is 1.21 bits per heavy atom. The molecular weight excluding hydrogens is 404 g/mol. The second-order valence-electron chi connectivity index (χ2n) is 5.49. The lowest BCUT2D eigenvalue weighted by atomic mass is 10.2. The van der Waals surface area contributed by atoms with Gasteiger partial charge in [-0.05, 0) is 29.8 Å². The van der Waals surface area contributed by atoms with Gasteiger partial charge in [0.15, 0.2) is 6.61 Å². The van der Waals surface area contributed by atoms with Crippen LogP contribution in [-0.2, 0) is 19.1 Å². The maximum Gasteiger partial charge on any atom is 0.339 e. The highest BCUT2D eigenvalue weighted by atomic mass is 35.5. The van der Waals surface area contributed by atoms with Crippen LogP contribution in [0, 0.1) is 10.1 Å².